The number of β-lactam (4-membered cyclic amide) rings is 1. The molecular weight excluding hydrogens is 512 g/mol. The third kappa shape index (κ3) is 4.24. The van der Waals surface area contributed by atoms with Gasteiger partial charge in [0.05, 0.1) is 17.1 Å². The molecule has 1 saturated heterocycles. The largest absolute Gasteiger partial charge is 0.543 e. The minimum absolute atomic E-state index is 0.135. The highest BCUT2D eigenvalue weighted by atomic mass is 32.2. The number of hydrogen-bond acceptors (Lipinski definition) is 11. The van der Waals surface area contributed by atoms with Crippen LogP contribution in [-0.2, 0) is 25.8 Å². The molecule has 0 saturated carbocycles. The Bertz CT molecular complexity index is 1410. The van der Waals surface area contributed by atoms with Gasteiger partial charge in [-0.15, -0.1) is 23.1 Å². The van der Waals surface area contributed by atoms with Crippen LogP contribution >= 0.6 is 34.4 Å². The van der Waals surface area contributed by atoms with Gasteiger partial charge in [-0.05, 0) is 5.38 Å². The zero-order chi connectivity index (χ0) is 24.7. The third-order valence-corrected chi connectivity index (χ3v) is 8.33. The fourth-order valence-electron chi connectivity index (χ4n) is 3.97. The van der Waals surface area contributed by atoms with E-state index in [-0.39, 0.29) is 22.2 Å². The number of amides is 2. The van der Waals surface area contributed by atoms with Gasteiger partial charge in [0.1, 0.15) is 24.2 Å². The maximum Gasteiger partial charge on any atom is 0.276 e. The van der Waals surface area contributed by atoms with Crippen LogP contribution in [0.25, 0.3) is 10.8 Å². The fraction of sp³-hybridized carbons (Fsp3) is 0.238. The van der Waals surface area contributed by atoms with Crippen molar-refractivity contribution in [3.8, 4) is 0 Å². The summed E-state index contributed by atoms with van der Waals surface area (Å²) in [6.07, 6.45) is 3.81. The predicted molar refractivity (Wildman–Crippen MR) is 129 cm³/mol. The highest BCUT2D eigenvalue weighted by Gasteiger charge is 2.53. The Morgan fingerprint density at radius 3 is 2.89 bits per heavy atom. The zero-order valence-electron chi connectivity index (χ0n) is 18.2. The number of carbonyl (C=O) groups is 3. The normalized spacial score (nSPS) is 20.0. The van der Waals surface area contributed by atoms with Gasteiger partial charge in [0.25, 0.3) is 11.8 Å². The first-order valence-corrected chi connectivity index (χ1v) is 13.1. The molecule has 35 heavy (non-hydrogen) atoms. The van der Waals surface area contributed by atoms with Gasteiger partial charge in [0.2, 0.25) is 0 Å². The first-order chi connectivity index (χ1) is 16.9. The summed E-state index contributed by atoms with van der Waals surface area (Å²) in [6.45, 7) is 0.297. The van der Waals surface area contributed by atoms with Crippen molar-refractivity contribution < 1.29 is 28.9 Å². The van der Waals surface area contributed by atoms with Crippen LogP contribution in [0.15, 0.2) is 51.0 Å². The number of oxime groups is 1. The van der Waals surface area contributed by atoms with E-state index in [9.17, 15) is 19.5 Å². The van der Waals surface area contributed by atoms with Gasteiger partial charge in [0, 0.05) is 33.5 Å². The number of rotatable bonds is 7. The molecule has 0 aromatic carbocycles. The lowest BCUT2D eigenvalue weighted by atomic mass is 10.0. The summed E-state index contributed by atoms with van der Waals surface area (Å²) in [5.74, 6) is -2.29. The Balaban J connectivity index is 1.36. The Morgan fingerprint density at radius 2 is 2.17 bits per heavy atom. The van der Waals surface area contributed by atoms with Crippen molar-refractivity contribution >= 4 is 73.8 Å². The number of carbonyl (C=O) groups excluding carboxylic acids is 3. The molecule has 5 heterocycles. The Kier molecular flexibility index (Phi) is 6.17. The summed E-state index contributed by atoms with van der Waals surface area (Å²) in [4.78, 5) is 47.8. The number of nitrogen functional groups attached to an aromatic ring is 1. The van der Waals surface area contributed by atoms with Crippen molar-refractivity contribution in [2.24, 2.45) is 5.16 Å². The van der Waals surface area contributed by atoms with Gasteiger partial charge in [-0.25, -0.2) is 9.55 Å². The van der Waals surface area contributed by atoms with E-state index in [4.69, 9.17) is 10.6 Å². The molecule has 0 spiro atoms. The molecule has 0 aliphatic carbocycles. The van der Waals surface area contributed by atoms with Crippen LogP contribution in [0.5, 0.6) is 0 Å². The summed E-state index contributed by atoms with van der Waals surface area (Å²) in [5, 5.41) is 25.8. The van der Waals surface area contributed by atoms with Gasteiger partial charge in [0.15, 0.2) is 29.8 Å². The summed E-state index contributed by atoms with van der Waals surface area (Å²) in [5.41, 5.74) is 6.13. The predicted octanol–water partition coefficient (Wildman–Crippen LogP) is -0.318. The number of nitrogens with one attached hydrogen (secondary N) is 1. The first-order valence-electron chi connectivity index (χ1n) is 10.2. The second-order valence-corrected chi connectivity index (χ2v) is 10.4. The van der Waals surface area contributed by atoms with E-state index >= 15 is 0 Å². The molecule has 3 aromatic heterocycles. The van der Waals surface area contributed by atoms with Crippen LogP contribution in [0, 0.1) is 0 Å². The number of aromatic nitrogens is 2. The number of aliphatic carboxylic acids is 1. The molecule has 3 N–H and O–H groups in total. The number of thiazole rings is 1. The standard InChI is InChI=1S/C21H18N6O5S3/c1-32-25-14(13-9-35-21(22)23-13)17(28)24-15-18(29)27-16(20(30)31)12(8-34-19(15)27)5-26-3-2-10-6-33-7-11(10)4-26/h2-4,6-7,9,15,19H,5,8H2,1H3,(H3-,22,23,24,28,30,31)/b25-14-/t15?,19-/m1/s1. The van der Waals surface area contributed by atoms with E-state index in [1.54, 1.807) is 16.7 Å². The van der Waals surface area contributed by atoms with Crippen LogP contribution in [-0.4, -0.2) is 57.7 Å². The third-order valence-electron chi connectivity index (χ3n) is 5.54. The van der Waals surface area contributed by atoms with E-state index in [2.05, 4.69) is 15.5 Å². The van der Waals surface area contributed by atoms with Crippen LogP contribution in [0.1, 0.15) is 5.69 Å². The van der Waals surface area contributed by atoms with Gasteiger partial charge < -0.3 is 25.8 Å². The molecule has 1 fully saturated rings. The molecule has 2 amide bonds. The number of anilines is 1. The minimum Gasteiger partial charge on any atom is -0.543 e. The lowest BCUT2D eigenvalue weighted by Gasteiger charge is -2.50. The highest BCUT2D eigenvalue weighted by Crippen LogP contribution is 2.40. The lowest BCUT2D eigenvalue weighted by molar-refractivity contribution is -0.687. The summed E-state index contributed by atoms with van der Waals surface area (Å²) in [7, 11) is 1.28. The molecule has 1 unspecified atom stereocenters. The fourth-order valence-corrected chi connectivity index (χ4v) is 6.62. The van der Waals surface area contributed by atoms with E-state index in [1.165, 1.54) is 23.8 Å². The molecule has 2 aliphatic rings. The molecule has 2 atom stereocenters. The SMILES string of the molecule is CO/N=C(\C(=O)NC1C(=O)N2C(C(=O)[O-])=C(C[n+]3ccc4cscc4c3)CS[C@H]12)c1csc(N)n1. The smallest absolute Gasteiger partial charge is 0.276 e. The number of nitrogens with zero attached hydrogens (tertiary/aromatic N) is 4. The molecule has 180 valence electrons. The average molecular weight is 531 g/mol. The number of thioether (sulfide) groups is 1. The first kappa shape index (κ1) is 23.3. The average Bonchev–Trinajstić information content (AvgIpc) is 3.48. The number of carboxylic acid groups (broad SMARTS) is 1. The number of nitrogens with two attached hydrogens (primary N) is 1. The number of fused-ring (bicyclic) bond motifs is 2. The second kappa shape index (κ2) is 9.28. The zero-order valence-corrected chi connectivity index (χ0v) is 20.6. The topological polar surface area (TPSA) is 154 Å². The Hall–Kier alpha value is -3.49. The molecule has 14 heteroatoms. The molecule has 2 aliphatic heterocycles. The monoisotopic (exact) mass is 530 g/mol. The maximum atomic E-state index is 13.0. The van der Waals surface area contributed by atoms with Crippen molar-refractivity contribution in [3.05, 3.63) is 51.6 Å². The Morgan fingerprint density at radius 1 is 1.37 bits per heavy atom. The van der Waals surface area contributed by atoms with Crippen molar-refractivity contribution in [2.45, 2.75) is 18.0 Å². The molecule has 0 radical (unpaired) electrons. The van der Waals surface area contributed by atoms with E-state index in [0.717, 1.165) is 22.1 Å². The Labute approximate surface area is 210 Å². The highest BCUT2D eigenvalue weighted by molar-refractivity contribution is 8.00. The van der Waals surface area contributed by atoms with Crippen molar-refractivity contribution in [1.82, 2.24) is 15.2 Å². The summed E-state index contributed by atoms with van der Waals surface area (Å²) in [6, 6.07) is 1.02. The van der Waals surface area contributed by atoms with Crippen molar-refractivity contribution in [1.29, 1.82) is 0 Å². The van der Waals surface area contributed by atoms with E-state index < -0.39 is 29.2 Å². The molecule has 5 rings (SSSR count). The molecule has 0 bridgehead atoms. The van der Waals surface area contributed by atoms with Crippen LogP contribution in [0.2, 0.25) is 0 Å². The summed E-state index contributed by atoms with van der Waals surface area (Å²) < 4.78 is 1.88. The quantitative estimate of drug-likeness (QED) is 0.182. The second-order valence-electron chi connectivity index (χ2n) is 7.69. The van der Waals surface area contributed by atoms with E-state index in [0.29, 0.717) is 17.9 Å². The van der Waals surface area contributed by atoms with Gasteiger partial charge in [-0.2, -0.15) is 11.3 Å². The van der Waals surface area contributed by atoms with Gasteiger partial charge >= 0.3 is 0 Å². The molecular formula is C21H18N6O5S3. The number of pyridine rings is 1. The maximum absolute atomic E-state index is 13.0. The number of thiophene rings is 1. The molecule has 11 nitrogen and oxygen atoms in total. The minimum atomic E-state index is -1.43. The van der Waals surface area contributed by atoms with Gasteiger partial charge in [-0.3, -0.25) is 14.5 Å². The van der Waals surface area contributed by atoms with Gasteiger partial charge in [-0.1, -0.05) is 5.16 Å². The van der Waals surface area contributed by atoms with Crippen LogP contribution in [0.3, 0.4) is 0 Å². The van der Waals surface area contributed by atoms with Crippen LogP contribution < -0.4 is 20.7 Å². The van der Waals surface area contributed by atoms with Crippen LogP contribution in [0.4, 0.5) is 5.13 Å². The molecule has 3 aromatic rings. The lowest BCUT2D eigenvalue weighted by Crippen LogP contribution is -2.71. The van der Waals surface area contributed by atoms with E-state index in [1.807, 2.05) is 33.8 Å². The van der Waals surface area contributed by atoms with Crippen molar-refractivity contribution in [3.63, 3.8) is 0 Å². The number of hydrogen-bond donors (Lipinski definition) is 2. The number of carboxylic acids is 1. The van der Waals surface area contributed by atoms with Crippen molar-refractivity contribution in [2.75, 3.05) is 18.6 Å². The summed E-state index contributed by atoms with van der Waals surface area (Å²) >= 11 is 4.09.